The number of carbonyl (C=O) groups is 1. The average molecular weight is 285 g/mol. The summed E-state index contributed by atoms with van der Waals surface area (Å²) in [5.74, 6) is -0.399. The Balaban J connectivity index is 2.01. The second-order valence-electron chi connectivity index (χ2n) is 5.58. The third-order valence-electron chi connectivity index (χ3n) is 4.10. The highest BCUT2D eigenvalue weighted by Gasteiger charge is 2.23. The fourth-order valence-electron chi connectivity index (χ4n) is 2.93. The molecule has 2 aromatic rings. The molecule has 0 radical (unpaired) electrons. The van der Waals surface area contributed by atoms with Crippen LogP contribution in [0.1, 0.15) is 36.2 Å². The zero-order valence-electron chi connectivity index (χ0n) is 11.7. The fraction of sp³-hybridized carbons (Fsp3) is 0.375. The molecule has 0 bridgehead atoms. The van der Waals surface area contributed by atoms with E-state index in [1.54, 1.807) is 6.07 Å². The molecule has 21 heavy (non-hydrogen) atoms. The second kappa shape index (κ2) is 5.69. The number of rotatable bonds is 3. The molecule has 0 amide bonds. The van der Waals surface area contributed by atoms with E-state index in [1.165, 1.54) is 0 Å². The maximum Gasteiger partial charge on any atom is 0.354 e. The molecule has 1 aliphatic rings. The van der Waals surface area contributed by atoms with Gasteiger partial charge in [0.05, 0.1) is 0 Å². The first-order valence-electron chi connectivity index (χ1n) is 7.30. The quantitative estimate of drug-likeness (QED) is 0.806. The number of nitrogens with one attached hydrogen (secondary N) is 1. The van der Waals surface area contributed by atoms with Crippen molar-refractivity contribution in [3.63, 3.8) is 0 Å². The van der Waals surface area contributed by atoms with Gasteiger partial charge in [-0.25, -0.2) is 9.78 Å². The highest BCUT2D eigenvalue weighted by atomic mass is 16.4. The van der Waals surface area contributed by atoms with Crippen LogP contribution in [-0.4, -0.2) is 28.1 Å². The van der Waals surface area contributed by atoms with E-state index in [0.717, 1.165) is 36.5 Å². The number of pyridine rings is 1. The molecule has 0 saturated heterocycles. The van der Waals surface area contributed by atoms with E-state index in [9.17, 15) is 9.90 Å². The van der Waals surface area contributed by atoms with Gasteiger partial charge in [-0.15, -0.1) is 0 Å². The average Bonchev–Trinajstić information content (AvgIpc) is 2.49. The zero-order chi connectivity index (χ0) is 14.8. The van der Waals surface area contributed by atoms with Crippen molar-refractivity contribution < 1.29 is 9.90 Å². The molecule has 1 aromatic heterocycles. The molecule has 0 spiro atoms. The number of nitrogens with zero attached hydrogens (tertiary/aromatic N) is 1. The van der Waals surface area contributed by atoms with Crippen LogP contribution in [0.15, 0.2) is 30.3 Å². The fourth-order valence-corrected chi connectivity index (χ4v) is 2.93. The highest BCUT2D eigenvalue weighted by Crippen LogP contribution is 2.26. The van der Waals surface area contributed by atoms with Gasteiger partial charge in [0.2, 0.25) is 0 Å². The van der Waals surface area contributed by atoms with E-state index in [-0.39, 0.29) is 17.8 Å². The summed E-state index contributed by atoms with van der Waals surface area (Å²) in [4.78, 5) is 15.5. The number of anilines is 1. The Hall–Kier alpha value is -2.14. The number of aromatic carboxylic acids is 1. The van der Waals surface area contributed by atoms with Gasteiger partial charge in [-0.3, -0.25) is 0 Å². The molecule has 1 aliphatic carbocycles. The normalized spacial score (nSPS) is 22.1. The summed E-state index contributed by atoms with van der Waals surface area (Å²) in [6.07, 6.45) is 4.29. The predicted octanol–water partition coefficient (Wildman–Crippen LogP) is 2.61. The minimum absolute atomic E-state index is 0.0561. The van der Waals surface area contributed by atoms with Crippen molar-refractivity contribution in [2.45, 2.75) is 37.8 Å². The van der Waals surface area contributed by atoms with Crippen LogP contribution in [0.5, 0.6) is 0 Å². The minimum atomic E-state index is -1.02. The monoisotopic (exact) mass is 285 g/mol. The first-order chi connectivity index (χ1) is 10.1. The largest absolute Gasteiger partial charge is 0.477 e. The molecule has 110 valence electrons. The van der Waals surface area contributed by atoms with Gasteiger partial charge in [-0.2, -0.15) is 0 Å². The molecule has 2 atom stereocenters. The van der Waals surface area contributed by atoms with Crippen LogP contribution in [0.2, 0.25) is 0 Å². The molecule has 1 aromatic carbocycles. The Morgan fingerprint density at radius 2 is 2.05 bits per heavy atom. The highest BCUT2D eigenvalue weighted by molar-refractivity contribution is 5.97. The zero-order valence-corrected chi connectivity index (χ0v) is 11.7. The van der Waals surface area contributed by atoms with E-state index in [4.69, 9.17) is 5.73 Å². The number of benzene rings is 1. The van der Waals surface area contributed by atoms with Crippen molar-refractivity contribution in [2.75, 3.05) is 5.32 Å². The van der Waals surface area contributed by atoms with Crippen molar-refractivity contribution in [2.24, 2.45) is 5.73 Å². The Kier molecular flexibility index (Phi) is 3.75. The van der Waals surface area contributed by atoms with E-state index in [1.807, 2.05) is 24.3 Å². The number of hydrogen-bond acceptors (Lipinski definition) is 4. The minimum Gasteiger partial charge on any atom is -0.477 e. The van der Waals surface area contributed by atoms with Crippen LogP contribution in [0.25, 0.3) is 10.8 Å². The molecule has 5 heteroatoms. The molecular weight excluding hydrogens is 266 g/mol. The lowest BCUT2D eigenvalue weighted by molar-refractivity contribution is 0.0691. The van der Waals surface area contributed by atoms with Crippen molar-refractivity contribution in [3.05, 3.63) is 36.0 Å². The number of carboxylic acid groups (broad SMARTS) is 1. The van der Waals surface area contributed by atoms with Crippen LogP contribution >= 0.6 is 0 Å². The van der Waals surface area contributed by atoms with E-state index < -0.39 is 5.97 Å². The standard InChI is InChI=1S/C16H19N3O2/c17-12-7-3-4-8-13(12)18-15-11-6-2-1-5-10(11)9-14(19-15)16(20)21/h1-2,5-6,9,12-13H,3-4,7-8,17H2,(H,18,19)(H,20,21). The van der Waals surface area contributed by atoms with Crippen molar-refractivity contribution in [1.82, 2.24) is 4.98 Å². The van der Waals surface area contributed by atoms with Crippen molar-refractivity contribution >= 4 is 22.6 Å². The van der Waals surface area contributed by atoms with E-state index in [2.05, 4.69) is 10.3 Å². The van der Waals surface area contributed by atoms with Gasteiger partial charge in [-0.05, 0) is 24.3 Å². The lowest BCUT2D eigenvalue weighted by atomic mass is 9.91. The van der Waals surface area contributed by atoms with Crippen molar-refractivity contribution in [3.8, 4) is 0 Å². The van der Waals surface area contributed by atoms with Crippen LogP contribution < -0.4 is 11.1 Å². The second-order valence-corrected chi connectivity index (χ2v) is 5.58. The number of nitrogens with two attached hydrogens (primary N) is 1. The number of fused-ring (bicyclic) bond motifs is 1. The van der Waals surface area contributed by atoms with Gasteiger partial charge in [0, 0.05) is 17.5 Å². The van der Waals surface area contributed by atoms with Crippen LogP contribution in [-0.2, 0) is 0 Å². The number of aromatic nitrogens is 1. The third kappa shape index (κ3) is 2.83. The summed E-state index contributed by atoms with van der Waals surface area (Å²) < 4.78 is 0. The first kappa shape index (κ1) is 13.8. The Labute approximate surface area is 123 Å². The molecule has 3 rings (SSSR count). The predicted molar refractivity (Wildman–Crippen MR) is 82.6 cm³/mol. The summed E-state index contributed by atoms with van der Waals surface area (Å²) >= 11 is 0. The number of hydrogen-bond donors (Lipinski definition) is 3. The smallest absolute Gasteiger partial charge is 0.354 e. The molecule has 4 N–H and O–H groups in total. The molecule has 5 nitrogen and oxygen atoms in total. The Morgan fingerprint density at radius 3 is 2.81 bits per heavy atom. The Morgan fingerprint density at radius 1 is 1.29 bits per heavy atom. The van der Waals surface area contributed by atoms with Gasteiger partial charge in [0.25, 0.3) is 0 Å². The van der Waals surface area contributed by atoms with Gasteiger partial charge in [0.1, 0.15) is 5.82 Å². The molecule has 0 aliphatic heterocycles. The van der Waals surface area contributed by atoms with Crippen LogP contribution in [0.3, 0.4) is 0 Å². The molecule has 1 heterocycles. The lowest BCUT2D eigenvalue weighted by Crippen LogP contribution is -2.42. The SMILES string of the molecule is NC1CCCCC1Nc1nc(C(=O)O)cc2ccccc12. The van der Waals surface area contributed by atoms with E-state index >= 15 is 0 Å². The number of carboxylic acids is 1. The van der Waals surface area contributed by atoms with Gasteiger partial charge < -0.3 is 16.2 Å². The molecular formula is C16H19N3O2. The van der Waals surface area contributed by atoms with Crippen LogP contribution in [0, 0.1) is 0 Å². The van der Waals surface area contributed by atoms with E-state index in [0.29, 0.717) is 5.82 Å². The summed E-state index contributed by atoms with van der Waals surface area (Å²) in [6, 6.07) is 9.51. The van der Waals surface area contributed by atoms with Gasteiger partial charge in [0.15, 0.2) is 5.69 Å². The summed E-state index contributed by atoms with van der Waals surface area (Å²) in [5.41, 5.74) is 6.22. The van der Waals surface area contributed by atoms with Crippen LogP contribution in [0.4, 0.5) is 5.82 Å². The lowest BCUT2D eigenvalue weighted by Gasteiger charge is -2.30. The maximum absolute atomic E-state index is 11.2. The summed E-state index contributed by atoms with van der Waals surface area (Å²) in [5, 5.41) is 14.4. The van der Waals surface area contributed by atoms with Gasteiger partial charge in [-0.1, -0.05) is 37.1 Å². The Bertz CT molecular complexity index is 672. The van der Waals surface area contributed by atoms with Gasteiger partial charge >= 0.3 is 5.97 Å². The molecule has 2 unspecified atom stereocenters. The van der Waals surface area contributed by atoms with Crippen molar-refractivity contribution in [1.29, 1.82) is 0 Å². The molecule has 1 fully saturated rings. The third-order valence-corrected chi connectivity index (χ3v) is 4.10. The summed E-state index contributed by atoms with van der Waals surface area (Å²) in [7, 11) is 0. The molecule has 1 saturated carbocycles. The first-order valence-corrected chi connectivity index (χ1v) is 7.30. The topological polar surface area (TPSA) is 88.2 Å². The summed E-state index contributed by atoms with van der Waals surface area (Å²) in [6.45, 7) is 0. The maximum atomic E-state index is 11.2.